The van der Waals surface area contributed by atoms with E-state index in [-0.39, 0.29) is 0 Å². The van der Waals surface area contributed by atoms with E-state index in [4.69, 9.17) is 6.57 Å². The molecular formula is C62H28N4. The zero-order chi connectivity index (χ0) is 43.9. The Bertz CT molecular complexity index is 4210. The minimum absolute atomic E-state index is 0.420. The maximum atomic E-state index is 11.0. The number of rotatable bonds is 2. The van der Waals surface area contributed by atoms with E-state index in [1.165, 1.54) is 43.8 Å². The SMILES string of the molecule is [C-]#[N+]c1cc(C#N)c2ccccc2c1-c1cc2c3cc4c(cc3c(-c3c(C#N)cc(C#N)c5ccccc35)cc2c2cc3c(cc12)-c1cccc2cccc-3c12)-c1cccc2cccc-4c12. The zero-order valence-corrected chi connectivity index (χ0v) is 35.0. The average Bonchev–Trinajstić information content (AvgIpc) is 3.86. The van der Waals surface area contributed by atoms with E-state index in [1.807, 2.05) is 48.5 Å². The van der Waals surface area contributed by atoms with Gasteiger partial charge in [-0.05, 0) is 180 Å². The van der Waals surface area contributed by atoms with Crippen LogP contribution in [0.5, 0.6) is 0 Å². The third-order valence-electron chi connectivity index (χ3n) is 14.4. The molecular weight excluding hydrogens is 801 g/mol. The van der Waals surface area contributed by atoms with Crippen molar-refractivity contribution < 1.29 is 0 Å². The highest BCUT2D eigenvalue weighted by atomic mass is 14.6. The summed E-state index contributed by atoms with van der Waals surface area (Å²) in [6.07, 6.45) is 0. The van der Waals surface area contributed by atoms with E-state index in [9.17, 15) is 15.8 Å². The van der Waals surface area contributed by atoms with Crippen LogP contribution in [0.25, 0.3) is 147 Å². The molecule has 0 amide bonds. The average molecular weight is 829 g/mol. The Hall–Kier alpha value is -9.58. The Kier molecular flexibility index (Phi) is 7.08. The molecule has 12 aromatic carbocycles. The number of hydrogen-bond donors (Lipinski definition) is 0. The Morgan fingerprint density at radius 2 is 0.667 bits per heavy atom. The largest absolute Gasteiger partial charge is 0.237 e. The van der Waals surface area contributed by atoms with Gasteiger partial charge in [0.25, 0.3) is 0 Å². The predicted octanol–water partition coefficient (Wildman–Crippen LogP) is 16.6. The van der Waals surface area contributed by atoms with Gasteiger partial charge >= 0.3 is 0 Å². The topological polar surface area (TPSA) is 75.7 Å². The van der Waals surface area contributed by atoms with Gasteiger partial charge in [-0.2, -0.15) is 15.8 Å². The maximum Gasteiger partial charge on any atom is 0.196 e. The summed E-state index contributed by atoms with van der Waals surface area (Å²) in [5.74, 6) is 0. The summed E-state index contributed by atoms with van der Waals surface area (Å²) < 4.78 is 0. The Morgan fingerprint density at radius 3 is 1.11 bits per heavy atom. The molecule has 2 aliphatic rings. The molecule has 0 saturated heterocycles. The quantitative estimate of drug-likeness (QED) is 0.129. The summed E-state index contributed by atoms with van der Waals surface area (Å²) in [6, 6.07) is 66.5. The summed E-state index contributed by atoms with van der Waals surface area (Å²) in [5.41, 5.74) is 14.4. The maximum absolute atomic E-state index is 11.0. The van der Waals surface area contributed by atoms with Crippen LogP contribution in [0.1, 0.15) is 16.7 Å². The van der Waals surface area contributed by atoms with E-state index in [0.29, 0.717) is 22.4 Å². The van der Waals surface area contributed by atoms with Gasteiger partial charge in [0, 0.05) is 16.5 Å². The Morgan fingerprint density at radius 1 is 0.303 bits per heavy atom. The second-order valence-corrected chi connectivity index (χ2v) is 17.5. The van der Waals surface area contributed by atoms with Crippen molar-refractivity contribution in [3.05, 3.63) is 198 Å². The van der Waals surface area contributed by atoms with E-state index in [2.05, 4.69) is 132 Å². The van der Waals surface area contributed by atoms with Crippen LogP contribution >= 0.6 is 0 Å². The normalized spacial score (nSPS) is 11.9. The first-order valence-electron chi connectivity index (χ1n) is 21.9. The van der Waals surface area contributed by atoms with E-state index in [1.54, 1.807) is 12.1 Å². The monoisotopic (exact) mass is 828 g/mol. The summed E-state index contributed by atoms with van der Waals surface area (Å²) in [6.45, 7) is 8.60. The zero-order valence-electron chi connectivity index (χ0n) is 35.0. The van der Waals surface area contributed by atoms with Gasteiger partial charge in [0.15, 0.2) is 5.69 Å². The fourth-order valence-electron chi connectivity index (χ4n) is 11.7. The lowest BCUT2D eigenvalue weighted by Gasteiger charge is -2.21. The van der Waals surface area contributed by atoms with E-state index < -0.39 is 0 Å². The highest BCUT2D eigenvalue weighted by Gasteiger charge is 2.28. The number of nitrogens with zero attached hydrogens (tertiary/aromatic N) is 4. The molecule has 66 heavy (non-hydrogen) atoms. The minimum atomic E-state index is 0.420. The minimum Gasteiger partial charge on any atom is -0.237 e. The van der Waals surface area contributed by atoms with Gasteiger partial charge in [0.1, 0.15) is 0 Å². The van der Waals surface area contributed by atoms with Gasteiger partial charge in [0.2, 0.25) is 0 Å². The van der Waals surface area contributed by atoms with Gasteiger partial charge < -0.3 is 0 Å². The third-order valence-corrected chi connectivity index (χ3v) is 14.4. The fraction of sp³-hybridized carbons (Fsp3) is 0. The van der Waals surface area contributed by atoms with E-state index >= 15 is 0 Å². The molecule has 0 atom stereocenters. The second kappa shape index (κ2) is 13.0. The highest BCUT2D eigenvalue weighted by Crippen LogP contribution is 2.55. The van der Waals surface area contributed by atoms with Crippen LogP contribution in [0.15, 0.2) is 170 Å². The molecule has 0 aromatic heterocycles. The molecule has 4 nitrogen and oxygen atoms in total. The van der Waals surface area contributed by atoms with Crippen molar-refractivity contribution in [2.45, 2.75) is 0 Å². The molecule has 296 valence electrons. The standard InChI is InChI=1S/C62H28N4/c1-66-58-23-36(31-64)39-15-3-5-17-41(39)62(58)57-29-53-50-24-46-42-18-6-10-33-12-8-20-44(59(33)42)48(46)26-54(50)56(61-37(32-65)22-35(30-63)38-14-2-4-16-40(38)61)28-52(53)51-25-47-43-19-7-11-34-13-9-21-45(60(34)43)49(47)27-55(51)57/h2-29H. The van der Waals surface area contributed by atoms with Crippen LogP contribution in [0.2, 0.25) is 0 Å². The Labute approximate surface area is 378 Å². The van der Waals surface area contributed by atoms with Crippen LogP contribution in [0.3, 0.4) is 0 Å². The van der Waals surface area contributed by atoms with Crippen molar-refractivity contribution in [2.75, 3.05) is 0 Å². The van der Waals surface area contributed by atoms with Crippen molar-refractivity contribution in [3.63, 3.8) is 0 Å². The molecule has 0 radical (unpaired) electrons. The Balaban J connectivity index is 1.23. The molecule has 0 unspecified atom stereocenters. The molecule has 0 fully saturated rings. The molecule has 0 spiro atoms. The molecule has 4 heteroatoms. The second-order valence-electron chi connectivity index (χ2n) is 17.5. The molecule has 0 aliphatic heterocycles. The molecule has 0 saturated carbocycles. The molecule has 2 aliphatic carbocycles. The molecule has 12 aromatic rings. The first-order valence-corrected chi connectivity index (χ1v) is 21.9. The lowest BCUT2D eigenvalue weighted by Crippen LogP contribution is -1.95. The summed E-state index contributed by atoms with van der Waals surface area (Å²) in [7, 11) is 0. The first-order chi connectivity index (χ1) is 32.6. The predicted molar refractivity (Wildman–Crippen MR) is 269 cm³/mol. The number of nitriles is 3. The lowest BCUT2D eigenvalue weighted by atomic mass is 9.82. The van der Waals surface area contributed by atoms with Gasteiger partial charge in [-0.15, -0.1) is 0 Å². The van der Waals surface area contributed by atoms with Gasteiger partial charge in [-0.3, -0.25) is 0 Å². The van der Waals surface area contributed by atoms with Crippen LogP contribution in [-0.4, -0.2) is 0 Å². The molecule has 0 N–H and O–H groups in total. The summed E-state index contributed by atoms with van der Waals surface area (Å²) >= 11 is 0. The van der Waals surface area contributed by atoms with Crippen molar-refractivity contribution >= 4 is 81.1 Å². The van der Waals surface area contributed by atoms with Gasteiger partial charge in [0.05, 0.1) is 35.9 Å². The highest BCUT2D eigenvalue weighted by molar-refractivity contribution is 6.31. The molecule has 0 bridgehead atoms. The lowest BCUT2D eigenvalue weighted by molar-refractivity contribution is 1.47. The summed E-state index contributed by atoms with van der Waals surface area (Å²) in [5, 5.41) is 45.8. The van der Waals surface area contributed by atoms with Crippen molar-refractivity contribution in [1.82, 2.24) is 0 Å². The van der Waals surface area contributed by atoms with Crippen LogP contribution in [0, 0.1) is 40.6 Å². The third kappa shape index (κ3) is 4.57. The number of benzene rings is 12. The van der Waals surface area contributed by atoms with Crippen molar-refractivity contribution in [1.29, 1.82) is 15.8 Å². The van der Waals surface area contributed by atoms with Crippen molar-refractivity contribution in [3.8, 4) is 85.0 Å². The smallest absolute Gasteiger partial charge is 0.196 e. The first kappa shape index (κ1) is 36.0. The molecule has 0 heterocycles. The van der Waals surface area contributed by atoms with Crippen LogP contribution in [-0.2, 0) is 0 Å². The van der Waals surface area contributed by atoms with Gasteiger partial charge in [-0.1, -0.05) is 121 Å². The van der Waals surface area contributed by atoms with Crippen LogP contribution < -0.4 is 0 Å². The van der Waals surface area contributed by atoms with E-state index in [0.717, 1.165) is 98.4 Å². The number of fused-ring (bicyclic) bond motifs is 13. The molecule has 14 rings (SSSR count). The van der Waals surface area contributed by atoms with Gasteiger partial charge in [-0.25, -0.2) is 4.85 Å². The number of hydrogen-bond acceptors (Lipinski definition) is 3. The fourth-order valence-corrected chi connectivity index (χ4v) is 11.7. The van der Waals surface area contributed by atoms with Crippen LogP contribution in [0.4, 0.5) is 5.69 Å². The van der Waals surface area contributed by atoms with Crippen molar-refractivity contribution in [2.24, 2.45) is 0 Å². The summed E-state index contributed by atoms with van der Waals surface area (Å²) in [4.78, 5) is 4.14.